The lowest BCUT2D eigenvalue weighted by atomic mass is 9.95. The Bertz CT molecular complexity index is 930. The molecule has 0 fully saturated rings. The van der Waals surface area contributed by atoms with Crippen molar-refractivity contribution in [3.8, 4) is 5.75 Å². The third-order valence-electron chi connectivity index (χ3n) is 4.07. The lowest BCUT2D eigenvalue weighted by molar-refractivity contribution is -0.132. The predicted molar refractivity (Wildman–Crippen MR) is 105 cm³/mol. The van der Waals surface area contributed by atoms with Crippen molar-refractivity contribution >= 4 is 29.0 Å². The fourth-order valence-corrected chi connectivity index (χ4v) is 2.73. The summed E-state index contributed by atoms with van der Waals surface area (Å²) in [6.45, 7) is 0. The molecule has 2 aromatic rings. The first-order valence-corrected chi connectivity index (χ1v) is 8.41. The van der Waals surface area contributed by atoms with Crippen molar-refractivity contribution in [2.45, 2.75) is 12.8 Å². The smallest absolute Gasteiger partial charge is 0.331 e. The highest BCUT2D eigenvalue weighted by Gasteiger charge is 2.13. The first-order chi connectivity index (χ1) is 13.1. The van der Waals surface area contributed by atoms with Crippen LogP contribution in [0.25, 0.3) is 5.57 Å². The molecule has 0 saturated heterocycles. The Morgan fingerprint density at radius 1 is 1.30 bits per heavy atom. The van der Waals surface area contributed by atoms with E-state index in [9.17, 15) is 4.79 Å². The van der Waals surface area contributed by atoms with Crippen LogP contribution in [0.5, 0.6) is 5.75 Å². The molecular formula is C20H20N4O3. The Hall–Kier alpha value is -3.61. The molecule has 27 heavy (non-hydrogen) atoms. The molecule has 1 aromatic heterocycles. The summed E-state index contributed by atoms with van der Waals surface area (Å²) in [5, 5.41) is 12.1. The Balaban J connectivity index is 1.74. The number of hydrogen-bond donors (Lipinski definition) is 3. The van der Waals surface area contributed by atoms with Crippen LogP contribution in [-0.4, -0.2) is 29.1 Å². The van der Waals surface area contributed by atoms with E-state index in [1.165, 1.54) is 0 Å². The minimum atomic E-state index is -0.884. The molecule has 0 spiro atoms. The van der Waals surface area contributed by atoms with E-state index in [0.717, 1.165) is 11.1 Å². The molecule has 0 bridgehead atoms. The summed E-state index contributed by atoms with van der Waals surface area (Å²) in [6, 6.07) is 11.0. The maximum absolute atomic E-state index is 11.1. The van der Waals surface area contributed by atoms with Gasteiger partial charge in [0.15, 0.2) is 11.8 Å². The zero-order chi connectivity index (χ0) is 19.2. The van der Waals surface area contributed by atoms with Gasteiger partial charge in [-0.3, -0.25) is 0 Å². The number of nitrogens with one attached hydrogen (secondary N) is 1. The van der Waals surface area contributed by atoms with Gasteiger partial charge in [0.25, 0.3) is 0 Å². The second-order valence-electron chi connectivity index (χ2n) is 5.90. The van der Waals surface area contributed by atoms with Gasteiger partial charge in [-0.15, -0.1) is 0 Å². The molecule has 1 aromatic carbocycles. The van der Waals surface area contributed by atoms with Gasteiger partial charge in [0.05, 0.1) is 12.8 Å². The van der Waals surface area contributed by atoms with E-state index < -0.39 is 5.97 Å². The van der Waals surface area contributed by atoms with Crippen LogP contribution in [0.3, 0.4) is 0 Å². The van der Waals surface area contributed by atoms with Crippen molar-refractivity contribution in [3.63, 3.8) is 0 Å². The number of hydrogen-bond acceptors (Lipinski definition) is 4. The number of ether oxygens (including phenoxy) is 1. The van der Waals surface area contributed by atoms with Crippen LogP contribution < -0.4 is 15.8 Å². The van der Waals surface area contributed by atoms with Gasteiger partial charge in [-0.2, -0.15) is 4.99 Å². The van der Waals surface area contributed by atoms with Crippen LogP contribution in [0.1, 0.15) is 18.4 Å². The highest BCUT2D eigenvalue weighted by atomic mass is 16.5. The molecule has 0 unspecified atom stereocenters. The predicted octanol–water partition coefficient (Wildman–Crippen LogP) is 3.34. The first kappa shape index (κ1) is 18.2. The fraction of sp³-hybridized carbons (Fsp3) is 0.150. The summed E-state index contributed by atoms with van der Waals surface area (Å²) in [5.41, 5.74) is 8.74. The number of aliphatic carboxylic acids is 1. The topological polar surface area (TPSA) is 110 Å². The Morgan fingerprint density at radius 2 is 2.11 bits per heavy atom. The normalized spacial score (nSPS) is 14.2. The number of carbonyl (C=O) groups is 1. The number of guanidine groups is 1. The number of nitrogens with two attached hydrogens (primary N) is 1. The SMILES string of the molecule is COc1ccccc1NC(N)=Nc1ccc(C2=CCCC(C(=O)O)=C2)cn1. The number of carboxylic acid groups (broad SMARTS) is 1. The van der Waals surface area contributed by atoms with Gasteiger partial charge in [0.2, 0.25) is 0 Å². The number of rotatable bonds is 5. The number of benzene rings is 1. The van der Waals surface area contributed by atoms with Crippen LogP contribution >= 0.6 is 0 Å². The number of para-hydroxylation sites is 2. The second-order valence-corrected chi connectivity index (χ2v) is 5.90. The highest BCUT2D eigenvalue weighted by Crippen LogP contribution is 2.26. The fourth-order valence-electron chi connectivity index (χ4n) is 2.73. The summed E-state index contributed by atoms with van der Waals surface area (Å²) < 4.78 is 5.26. The summed E-state index contributed by atoms with van der Waals surface area (Å²) in [6.07, 6.45) is 6.58. The Kier molecular flexibility index (Phi) is 5.51. The molecule has 7 nitrogen and oxygen atoms in total. The van der Waals surface area contributed by atoms with Gasteiger partial charge in [-0.05, 0) is 54.3 Å². The van der Waals surface area contributed by atoms with E-state index >= 15 is 0 Å². The van der Waals surface area contributed by atoms with E-state index in [0.29, 0.717) is 35.7 Å². The molecule has 138 valence electrons. The number of aliphatic imine (C=N–C) groups is 1. The van der Waals surface area contributed by atoms with Gasteiger partial charge in [-0.25, -0.2) is 9.78 Å². The molecule has 0 saturated carbocycles. The van der Waals surface area contributed by atoms with Crippen molar-refractivity contribution in [1.82, 2.24) is 4.98 Å². The number of allylic oxidation sites excluding steroid dienone is 3. The summed E-state index contributed by atoms with van der Waals surface area (Å²) >= 11 is 0. The summed E-state index contributed by atoms with van der Waals surface area (Å²) in [5.74, 6) is 0.399. The number of aromatic nitrogens is 1. The Morgan fingerprint density at radius 3 is 2.81 bits per heavy atom. The Labute approximate surface area is 156 Å². The molecule has 0 amide bonds. The van der Waals surface area contributed by atoms with E-state index in [-0.39, 0.29) is 5.96 Å². The third-order valence-corrected chi connectivity index (χ3v) is 4.07. The lowest BCUT2D eigenvalue weighted by Crippen LogP contribution is -2.22. The lowest BCUT2D eigenvalue weighted by Gasteiger charge is -2.11. The van der Waals surface area contributed by atoms with Crippen molar-refractivity contribution in [2.24, 2.45) is 10.7 Å². The molecule has 0 aliphatic heterocycles. The second kappa shape index (κ2) is 8.18. The third kappa shape index (κ3) is 4.52. The highest BCUT2D eigenvalue weighted by molar-refractivity contribution is 5.95. The van der Waals surface area contributed by atoms with E-state index in [4.69, 9.17) is 15.6 Å². The average molecular weight is 364 g/mol. The average Bonchev–Trinajstić information content (AvgIpc) is 2.69. The van der Waals surface area contributed by atoms with Crippen molar-refractivity contribution in [1.29, 1.82) is 0 Å². The maximum atomic E-state index is 11.1. The largest absolute Gasteiger partial charge is 0.495 e. The minimum absolute atomic E-state index is 0.185. The van der Waals surface area contributed by atoms with Crippen LogP contribution in [0.4, 0.5) is 11.5 Å². The van der Waals surface area contributed by atoms with Crippen molar-refractivity contribution in [2.75, 3.05) is 12.4 Å². The molecule has 0 atom stereocenters. The van der Waals surface area contributed by atoms with Gasteiger partial charge < -0.3 is 20.9 Å². The van der Waals surface area contributed by atoms with Gasteiger partial charge in [0, 0.05) is 11.8 Å². The summed E-state index contributed by atoms with van der Waals surface area (Å²) in [7, 11) is 1.58. The molecule has 1 aliphatic carbocycles. The van der Waals surface area contributed by atoms with Gasteiger partial charge >= 0.3 is 5.97 Å². The van der Waals surface area contributed by atoms with Gasteiger partial charge in [-0.1, -0.05) is 18.2 Å². The number of methoxy groups -OCH3 is 1. The molecular weight excluding hydrogens is 344 g/mol. The van der Waals surface area contributed by atoms with Crippen molar-refractivity contribution < 1.29 is 14.6 Å². The quantitative estimate of drug-likeness (QED) is 0.554. The van der Waals surface area contributed by atoms with Gasteiger partial charge in [0.1, 0.15) is 5.75 Å². The van der Waals surface area contributed by atoms with E-state index in [2.05, 4.69) is 15.3 Å². The number of nitrogens with zero attached hydrogens (tertiary/aromatic N) is 2. The number of pyridine rings is 1. The number of carboxylic acids is 1. The molecule has 1 heterocycles. The molecule has 4 N–H and O–H groups in total. The summed E-state index contributed by atoms with van der Waals surface area (Å²) in [4.78, 5) is 19.7. The standard InChI is InChI=1S/C20H20N4O3/c1-27-17-8-3-2-7-16(17)23-20(21)24-18-10-9-15(12-22-18)13-5-4-6-14(11-13)19(25)26/h2-3,5,7-12H,4,6H2,1H3,(H,25,26)(H3,21,22,23,24). The van der Waals surface area contributed by atoms with E-state index in [1.807, 2.05) is 36.4 Å². The zero-order valence-electron chi connectivity index (χ0n) is 14.8. The minimum Gasteiger partial charge on any atom is -0.495 e. The van der Waals surface area contributed by atoms with Crippen LogP contribution in [0.2, 0.25) is 0 Å². The molecule has 7 heteroatoms. The van der Waals surface area contributed by atoms with E-state index in [1.54, 1.807) is 25.4 Å². The van der Waals surface area contributed by atoms with Crippen LogP contribution in [-0.2, 0) is 4.79 Å². The first-order valence-electron chi connectivity index (χ1n) is 8.41. The molecule has 1 aliphatic rings. The molecule has 0 radical (unpaired) electrons. The van der Waals surface area contributed by atoms with Crippen molar-refractivity contribution in [3.05, 3.63) is 65.9 Å². The zero-order valence-corrected chi connectivity index (χ0v) is 14.8. The van der Waals surface area contributed by atoms with Crippen LogP contribution in [0, 0.1) is 0 Å². The van der Waals surface area contributed by atoms with Crippen LogP contribution in [0.15, 0.2) is 65.3 Å². The maximum Gasteiger partial charge on any atom is 0.331 e. The molecule has 3 rings (SSSR count). The monoisotopic (exact) mass is 364 g/mol. The number of anilines is 1.